The highest BCUT2D eigenvalue weighted by molar-refractivity contribution is 8.31. The van der Waals surface area contributed by atoms with Crippen molar-refractivity contribution in [3.8, 4) is 0 Å². The van der Waals surface area contributed by atoms with E-state index in [2.05, 4.69) is 4.79 Å². The molecule has 1 saturated heterocycles. The fraction of sp³-hybridized carbons (Fsp3) is 0.933. The van der Waals surface area contributed by atoms with Gasteiger partial charge < -0.3 is 15.0 Å². The zero-order valence-electron chi connectivity index (χ0n) is 14.1. The van der Waals surface area contributed by atoms with Gasteiger partial charge in [0.25, 0.3) is 19.7 Å². The molecule has 2 saturated carbocycles. The Morgan fingerprint density at radius 1 is 0.880 bits per heavy atom. The van der Waals surface area contributed by atoms with Gasteiger partial charge in [-0.3, -0.25) is 0 Å². The Hall–Kier alpha value is -0.800. The summed E-state index contributed by atoms with van der Waals surface area (Å²) in [6.45, 7) is 0.794. The van der Waals surface area contributed by atoms with E-state index in [0.717, 1.165) is 19.3 Å². The van der Waals surface area contributed by atoms with Crippen LogP contribution in [0.2, 0.25) is 0 Å². The van der Waals surface area contributed by atoms with Crippen molar-refractivity contribution >= 4 is 24.1 Å². The smallest absolute Gasteiger partial charge is 0.359 e. The lowest BCUT2D eigenvalue weighted by Crippen LogP contribution is -2.46. The molecule has 25 heavy (non-hydrogen) atoms. The van der Waals surface area contributed by atoms with Crippen LogP contribution in [0.1, 0.15) is 57.8 Å². The molecule has 0 N–H and O–H groups in total. The predicted octanol–water partition coefficient (Wildman–Crippen LogP) is 1.42. The van der Waals surface area contributed by atoms with Crippen molar-refractivity contribution < 1.29 is 31.1 Å². The molecule has 0 aromatic rings. The molecule has 1 atom stereocenters. The van der Waals surface area contributed by atoms with Crippen LogP contribution in [0.5, 0.6) is 0 Å². The van der Waals surface area contributed by atoms with Crippen molar-refractivity contribution in [1.29, 1.82) is 0 Å². The number of sulfone groups is 2. The summed E-state index contributed by atoms with van der Waals surface area (Å²) < 4.78 is 61.6. The van der Waals surface area contributed by atoms with E-state index < -0.39 is 40.3 Å². The Bertz CT molecular complexity index is 758. The van der Waals surface area contributed by atoms with Crippen molar-refractivity contribution in [1.82, 2.24) is 0 Å². The summed E-state index contributed by atoms with van der Waals surface area (Å²) in [4.78, 5) is 2.76. The summed E-state index contributed by atoms with van der Waals surface area (Å²) >= 11 is 0. The standard InChI is InChI=1S/C15H24N2O6S2/c16-17-14(24(18,19)12-5-2-1-3-6-12)25(20,21)13-7-4-8-15(11-13)22-9-10-23-15/h12-13H,1-11H2. The highest BCUT2D eigenvalue weighted by atomic mass is 32.3. The molecule has 1 unspecified atom stereocenters. The lowest BCUT2D eigenvalue weighted by atomic mass is 9.94. The quantitative estimate of drug-likeness (QED) is 0.303. The maximum Gasteiger partial charge on any atom is 0.495 e. The van der Waals surface area contributed by atoms with Gasteiger partial charge in [-0.05, 0) is 25.7 Å². The number of ether oxygens (including phenoxy) is 2. The highest BCUT2D eigenvalue weighted by Gasteiger charge is 2.54. The molecule has 1 heterocycles. The van der Waals surface area contributed by atoms with Crippen molar-refractivity contribution in [2.75, 3.05) is 13.2 Å². The molecule has 0 bridgehead atoms. The first kappa shape index (κ1) is 19.0. The van der Waals surface area contributed by atoms with E-state index >= 15 is 0 Å². The monoisotopic (exact) mass is 392 g/mol. The zero-order chi connectivity index (χ0) is 18.1. The van der Waals surface area contributed by atoms with Gasteiger partial charge in [0.1, 0.15) is 0 Å². The first-order valence-corrected chi connectivity index (χ1v) is 11.9. The maximum atomic E-state index is 13.0. The van der Waals surface area contributed by atoms with Gasteiger partial charge in [0, 0.05) is 12.8 Å². The number of hydrogen-bond donors (Lipinski definition) is 0. The lowest BCUT2D eigenvalue weighted by Gasteiger charge is -2.35. The topological polar surface area (TPSA) is 123 Å². The van der Waals surface area contributed by atoms with Gasteiger partial charge in [-0.15, -0.1) is 4.79 Å². The van der Waals surface area contributed by atoms with E-state index in [1.165, 1.54) is 0 Å². The van der Waals surface area contributed by atoms with Crippen LogP contribution >= 0.6 is 0 Å². The summed E-state index contributed by atoms with van der Waals surface area (Å²) in [6, 6.07) is 0. The molecule has 3 rings (SSSR count). The maximum absolute atomic E-state index is 13.0. The predicted molar refractivity (Wildman–Crippen MR) is 90.2 cm³/mol. The molecule has 3 fully saturated rings. The van der Waals surface area contributed by atoms with Gasteiger partial charge in [-0.1, -0.05) is 19.3 Å². The largest absolute Gasteiger partial charge is 0.495 e. The number of nitrogens with zero attached hydrogens (tertiary/aromatic N) is 2. The van der Waals surface area contributed by atoms with E-state index in [4.69, 9.17) is 9.47 Å². The Morgan fingerprint density at radius 2 is 1.44 bits per heavy atom. The van der Waals surface area contributed by atoms with Gasteiger partial charge in [0.2, 0.25) is 0 Å². The lowest BCUT2D eigenvalue weighted by molar-refractivity contribution is -0.175. The van der Waals surface area contributed by atoms with E-state index in [1.54, 1.807) is 0 Å². The Balaban J connectivity index is 1.87. The summed E-state index contributed by atoms with van der Waals surface area (Å²) in [5, 5.41) is -1.78. The van der Waals surface area contributed by atoms with E-state index in [-0.39, 0.29) is 6.42 Å². The summed E-state index contributed by atoms with van der Waals surface area (Å²) in [7, 11) is -8.48. The minimum Gasteiger partial charge on any atom is -0.359 e. The number of hydrogen-bond acceptors (Lipinski definition) is 6. The molecule has 142 valence electrons. The number of rotatable bonds is 2. The van der Waals surface area contributed by atoms with Gasteiger partial charge in [-0.25, -0.2) is 16.8 Å². The third-order valence-electron chi connectivity index (χ3n) is 5.43. The minimum absolute atomic E-state index is 0.0640. The summed E-state index contributed by atoms with van der Waals surface area (Å²) in [6.07, 6.45) is 4.70. The van der Waals surface area contributed by atoms with Gasteiger partial charge >= 0.3 is 4.38 Å². The van der Waals surface area contributed by atoms with Crippen molar-refractivity contribution in [2.24, 2.45) is 0 Å². The van der Waals surface area contributed by atoms with Crippen LogP contribution in [-0.4, -0.2) is 55.5 Å². The molecule has 2 aliphatic carbocycles. The molecule has 1 aliphatic heterocycles. The molecule has 8 nitrogen and oxygen atoms in total. The van der Waals surface area contributed by atoms with Gasteiger partial charge in [-0.2, -0.15) is 0 Å². The summed E-state index contributed by atoms with van der Waals surface area (Å²) in [5.41, 5.74) is 9.28. The molecule has 0 radical (unpaired) electrons. The molecule has 0 aromatic carbocycles. The highest BCUT2D eigenvalue weighted by Crippen LogP contribution is 2.39. The van der Waals surface area contributed by atoms with Crippen LogP contribution in [0, 0.1) is 0 Å². The normalized spacial score (nSPS) is 27.9. The van der Waals surface area contributed by atoms with E-state index in [1.807, 2.05) is 0 Å². The Labute approximate surface area is 148 Å². The van der Waals surface area contributed by atoms with Gasteiger partial charge in [0.15, 0.2) is 5.79 Å². The Kier molecular flexibility index (Phi) is 5.37. The average molecular weight is 392 g/mol. The zero-order valence-corrected chi connectivity index (χ0v) is 15.7. The first-order chi connectivity index (χ1) is 11.8. The minimum atomic E-state index is -4.29. The van der Waals surface area contributed by atoms with E-state index in [9.17, 15) is 22.4 Å². The average Bonchev–Trinajstić information content (AvgIpc) is 3.03. The van der Waals surface area contributed by atoms with Crippen LogP contribution in [0.3, 0.4) is 0 Å². The van der Waals surface area contributed by atoms with Crippen molar-refractivity contribution in [3.63, 3.8) is 0 Å². The van der Waals surface area contributed by atoms with Crippen LogP contribution < -0.4 is 0 Å². The molecule has 0 amide bonds. The molecule has 10 heteroatoms. The molecule has 1 spiro atoms. The first-order valence-electron chi connectivity index (χ1n) is 8.80. The van der Waals surface area contributed by atoms with Crippen LogP contribution in [-0.2, 0) is 29.1 Å². The second-order valence-corrected chi connectivity index (χ2v) is 11.6. The fourth-order valence-corrected chi connectivity index (χ4v) is 8.92. The van der Waals surface area contributed by atoms with Crippen LogP contribution in [0.25, 0.3) is 5.53 Å². The molecule has 3 aliphatic rings. The van der Waals surface area contributed by atoms with Crippen molar-refractivity contribution in [2.45, 2.75) is 74.1 Å². The van der Waals surface area contributed by atoms with Gasteiger partial charge in [0.05, 0.1) is 23.7 Å². The third kappa shape index (κ3) is 3.55. The second kappa shape index (κ2) is 7.08. The van der Waals surface area contributed by atoms with Crippen LogP contribution in [0.15, 0.2) is 0 Å². The Morgan fingerprint density at radius 3 is 2.04 bits per heavy atom. The van der Waals surface area contributed by atoms with Crippen molar-refractivity contribution in [3.05, 3.63) is 5.53 Å². The van der Waals surface area contributed by atoms with E-state index in [0.29, 0.717) is 45.3 Å². The third-order valence-corrected chi connectivity index (χ3v) is 10.6. The summed E-state index contributed by atoms with van der Waals surface area (Å²) in [5.74, 6) is -0.953. The molecular formula is C15H24N2O6S2. The molecule has 0 aromatic heterocycles. The second-order valence-electron chi connectivity index (χ2n) is 7.04. The van der Waals surface area contributed by atoms with Crippen LogP contribution in [0.4, 0.5) is 0 Å². The fourth-order valence-electron chi connectivity index (χ4n) is 4.11. The molecular weight excluding hydrogens is 368 g/mol. The SMILES string of the molecule is [N-]=[N+]=C(S(=O)(=O)C1CCCCC1)S(=O)(=O)C1CCCC2(C1)OCCO2.